The van der Waals surface area contributed by atoms with Crippen molar-refractivity contribution in [1.82, 2.24) is 0 Å². The first-order chi connectivity index (χ1) is 18.3. The zero-order chi connectivity index (χ0) is 27.1. The van der Waals surface area contributed by atoms with Crippen LogP contribution in [0.15, 0.2) is 97.1 Å². The van der Waals surface area contributed by atoms with Crippen molar-refractivity contribution in [2.45, 2.75) is 13.8 Å². The third kappa shape index (κ3) is 6.50. The fourth-order valence-corrected chi connectivity index (χ4v) is 3.98. The molecule has 0 radical (unpaired) electrons. The summed E-state index contributed by atoms with van der Waals surface area (Å²) in [5.74, 6) is -1.15. The number of rotatable bonds is 7. The fourth-order valence-electron chi connectivity index (χ4n) is 3.98. The van der Waals surface area contributed by atoms with Crippen molar-refractivity contribution >= 4 is 46.4 Å². The van der Waals surface area contributed by atoms with Crippen molar-refractivity contribution in [2.75, 3.05) is 21.3 Å². The van der Waals surface area contributed by atoms with E-state index < -0.39 is 0 Å². The summed E-state index contributed by atoms with van der Waals surface area (Å²) in [7, 11) is 0. The molecule has 0 heterocycles. The Kier molecular flexibility index (Phi) is 7.93. The Morgan fingerprint density at radius 2 is 0.789 bits per heavy atom. The topological polar surface area (TPSA) is 116 Å². The van der Waals surface area contributed by atoms with Crippen LogP contribution in [0.5, 0.6) is 0 Å². The number of anilines is 4. The van der Waals surface area contributed by atoms with Gasteiger partial charge in [-0.1, -0.05) is 48.5 Å². The van der Waals surface area contributed by atoms with Crippen LogP contribution in [0.2, 0.25) is 0 Å². The van der Waals surface area contributed by atoms with Crippen molar-refractivity contribution in [3.63, 3.8) is 0 Å². The predicted octanol–water partition coefficient (Wildman–Crippen LogP) is 5.78. The number of carbonyl (C=O) groups is 4. The molecule has 0 aliphatic heterocycles. The molecule has 0 saturated carbocycles. The number of amides is 4. The highest BCUT2D eigenvalue weighted by atomic mass is 16.2. The molecule has 4 rings (SSSR count). The summed E-state index contributed by atoms with van der Waals surface area (Å²) in [5.41, 5.74) is 4.08. The van der Waals surface area contributed by atoms with Crippen LogP contribution in [-0.2, 0) is 9.59 Å². The summed E-state index contributed by atoms with van der Waals surface area (Å²) < 4.78 is 0. The highest BCUT2D eigenvalue weighted by Gasteiger charge is 2.18. The Labute approximate surface area is 220 Å². The van der Waals surface area contributed by atoms with Crippen LogP contribution < -0.4 is 21.3 Å². The van der Waals surface area contributed by atoms with Crippen molar-refractivity contribution in [2.24, 2.45) is 0 Å². The minimum absolute atomic E-state index is 0.212. The normalized spacial score (nSPS) is 10.3. The van der Waals surface area contributed by atoms with Gasteiger partial charge in [0.25, 0.3) is 11.8 Å². The second-order valence-corrected chi connectivity index (χ2v) is 8.52. The monoisotopic (exact) mass is 506 g/mol. The van der Waals surface area contributed by atoms with Crippen LogP contribution in [0.3, 0.4) is 0 Å². The van der Waals surface area contributed by atoms with E-state index in [0.29, 0.717) is 45.0 Å². The van der Waals surface area contributed by atoms with Gasteiger partial charge in [-0.25, -0.2) is 0 Å². The second kappa shape index (κ2) is 11.7. The Morgan fingerprint density at radius 3 is 1.16 bits per heavy atom. The molecule has 4 N–H and O–H groups in total. The molecule has 0 unspecified atom stereocenters. The van der Waals surface area contributed by atoms with Crippen LogP contribution in [-0.4, -0.2) is 23.6 Å². The molecule has 4 aromatic rings. The van der Waals surface area contributed by atoms with Crippen molar-refractivity contribution in [3.05, 3.63) is 108 Å². The average Bonchev–Trinajstić information content (AvgIpc) is 2.88. The summed E-state index contributed by atoms with van der Waals surface area (Å²) in [6.45, 7) is 2.82. The zero-order valence-electron chi connectivity index (χ0n) is 20.9. The van der Waals surface area contributed by atoms with E-state index in [2.05, 4.69) is 21.3 Å². The standard InChI is InChI=1S/C30H26N4O4/c1-19(35)31-21-9-7-11-23(17-21)33-29(37)27-15-5-3-13-25(27)26-14-4-6-16-28(26)30(38)34-24-12-8-10-22(18-24)32-20(2)36/h3-18H,1-2H3,(H,31,35)(H,32,36)(H,33,37)(H,34,38). The maximum absolute atomic E-state index is 13.3. The third-order valence-electron chi connectivity index (χ3n) is 5.52. The fraction of sp³-hybridized carbons (Fsp3) is 0.0667. The summed E-state index contributed by atoms with van der Waals surface area (Å²) in [6.07, 6.45) is 0. The maximum atomic E-state index is 13.3. The number of hydrogen-bond donors (Lipinski definition) is 4. The van der Waals surface area contributed by atoms with Gasteiger partial charge in [-0.15, -0.1) is 0 Å². The van der Waals surface area contributed by atoms with Crippen LogP contribution in [0.25, 0.3) is 11.1 Å². The molecule has 190 valence electrons. The second-order valence-electron chi connectivity index (χ2n) is 8.52. The first-order valence-corrected chi connectivity index (χ1v) is 11.9. The van der Waals surface area contributed by atoms with Crippen LogP contribution in [0.4, 0.5) is 22.7 Å². The predicted molar refractivity (Wildman–Crippen MR) is 149 cm³/mol. The molecule has 8 heteroatoms. The van der Waals surface area contributed by atoms with Crippen LogP contribution in [0, 0.1) is 0 Å². The van der Waals surface area contributed by atoms with E-state index in [9.17, 15) is 19.2 Å². The average molecular weight is 507 g/mol. The highest BCUT2D eigenvalue weighted by Crippen LogP contribution is 2.29. The Morgan fingerprint density at radius 1 is 0.447 bits per heavy atom. The van der Waals surface area contributed by atoms with Crippen molar-refractivity contribution in [3.8, 4) is 11.1 Å². The molecule has 38 heavy (non-hydrogen) atoms. The van der Waals surface area contributed by atoms with Gasteiger partial charge in [-0.05, 0) is 59.7 Å². The molecule has 0 aromatic heterocycles. The summed E-state index contributed by atoms with van der Waals surface area (Å²) in [5, 5.41) is 11.1. The molecule has 0 aliphatic rings. The summed E-state index contributed by atoms with van der Waals surface area (Å²) >= 11 is 0. The van der Waals surface area contributed by atoms with Gasteiger partial charge >= 0.3 is 0 Å². The van der Waals surface area contributed by atoms with Gasteiger partial charge in [0.15, 0.2) is 0 Å². The molecule has 8 nitrogen and oxygen atoms in total. The molecule has 0 spiro atoms. The van der Waals surface area contributed by atoms with Gasteiger partial charge in [-0.2, -0.15) is 0 Å². The molecule has 0 aliphatic carbocycles. The molecular formula is C30H26N4O4. The van der Waals surface area contributed by atoms with E-state index in [1.165, 1.54) is 13.8 Å². The Bertz CT molecular complexity index is 1420. The smallest absolute Gasteiger partial charge is 0.256 e. The van der Waals surface area contributed by atoms with E-state index in [4.69, 9.17) is 0 Å². The Hall–Kier alpha value is -5.24. The summed E-state index contributed by atoms with van der Waals surface area (Å²) in [4.78, 5) is 49.4. The van der Waals surface area contributed by atoms with Crippen LogP contribution in [0.1, 0.15) is 34.6 Å². The van der Waals surface area contributed by atoms with Gasteiger partial charge in [0, 0.05) is 47.7 Å². The quantitative estimate of drug-likeness (QED) is 0.254. The minimum Gasteiger partial charge on any atom is -0.326 e. The van der Waals surface area contributed by atoms with E-state index in [0.717, 1.165) is 0 Å². The Balaban J connectivity index is 1.61. The third-order valence-corrected chi connectivity index (χ3v) is 5.52. The highest BCUT2D eigenvalue weighted by molar-refractivity contribution is 6.13. The molecule has 0 atom stereocenters. The SMILES string of the molecule is CC(=O)Nc1cccc(NC(=O)c2ccccc2-c2ccccc2C(=O)Nc2cccc(NC(C)=O)c2)c1. The molecule has 4 amide bonds. The van der Waals surface area contributed by atoms with Gasteiger partial charge in [0.2, 0.25) is 11.8 Å². The lowest BCUT2D eigenvalue weighted by Gasteiger charge is -2.15. The largest absolute Gasteiger partial charge is 0.326 e. The lowest BCUT2D eigenvalue weighted by atomic mass is 9.94. The van der Waals surface area contributed by atoms with E-state index in [-0.39, 0.29) is 23.6 Å². The van der Waals surface area contributed by atoms with Gasteiger partial charge < -0.3 is 21.3 Å². The summed E-state index contributed by atoms with van der Waals surface area (Å²) in [6, 6.07) is 27.7. The van der Waals surface area contributed by atoms with E-state index in [1.807, 2.05) is 0 Å². The lowest BCUT2D eigenvalue weighted by Crippen LogP contribution is -2.16. The van der Waals surface area contributed by atoms with Gasteiger partial charge in [-0.3, -0.25) is 19.2 Å². The molecule has 0 saturated heterocycles. The number of nitrogens with one attached hydrogen (secondary N) is 4. The van der Waals surface area contributed by atoms with Crippen molar-refractivity contribution in [1.29, 1.82) is 0 Å². The van der Waals surface area contributed by atoms with Gasteiger partial charge in [0.05, 0.1) is 0 Å². The number of benzene rings is 4. The molecular weight excluding hydrogens is 480 g/mol. The van der Waals surface area contributed by atoms with Crippen molar-refractivity contribution < 1.29 is 19.2 Å². The minimum atomic E-state index is -0.362. The molecule has 0 bridgehead atoms. The lowest BCUT2D eigenvalue weighted by molar-refractivity contribution is -0.115. The number of carbonyl (C=O) groups excluding carboxylic acids is 4. The van der Waals surface area contributed by atoms with Crippen LogP contribution >= 0.6 is 0 Å². The van der Waals surface area contributed by atoms with E-state index >= 15 is 0 Å². The first kappa shape index (κ1) is 25.8. The molecule has 0 fully saturated rings. The zero-order valence-corrected chi connectivity index (χ0v) is 20.9. The first-order valence-electron chi connectivity index (χ1n) is 11.9. The number of hydrogen-bond acceptors (Lipinski definition) is 4. The maximum Gasteiger partial charge on any atom is 0.256 e. The van der Waals surface area contributed by atoms with E-state index in [1.54, 1.807) is 97.1 Å². The van der Waals surface area contributed by atoms with Gasteiger partial charge in [0.1, 0.15) is 0 Å². The molecule has 4 aromatic carbocycles.